The van der Waals surface area contributed by atoms with Crippen LogP contribution in [-0.2, 0) is 13.2 Å². The summed E-state index contributed by atoms with van der Waals surface area (Å²) in [6.07, 6.45) is 0. The molecule has 2 aromatic rings. The van der Waals surface area contributed by atoms with Crippen LogP contribution in [0.15, 0.2) is 12.1 Å². The molecule has 148 valence electrons. The maximum absolute atomic E-state index is 14.6. The van der Waals surface area contributed by atoms with E-state index in [0.717, 1.165) is 0 Å². The van der Waals surface area contributed by atoms with E-state index < -0.39 is 51.9 Å². The van der Waals surface area contributed by atoms with Crippen LogP contribution in [-0.4, -0.2) is 28.0 Å². The lowest BCUT2D eigenvalue weighted by Gasteiger charge is -2.25. The van der Waals surface area contributed by atoms with Gasteiger partial charge in [-0.15, -0.1) is 22.7 Å². The monoisotopic (exact) mass is 428 g/mol. The first-order chi connectivity index (χ1) is 12.4. The van der Waals surface area contributed by atoms with Crippen LogP contribution in [0.1, 0.15) is 30.6 Å². The van der Waals surface area contributed by atoms with Crippen LogP contribution in [0.2, 0.25) is 0 Å². The third-order valence-corrected chi connectivity index (χ3v) is 6.85. The van der Waals surface area contributed by atoms with Crippen LogP contribution in [0.3, 0.4) is 0 Å². The van der Waals surface area contributed by atoms with Crippen molar-refractivity contribution in [2.45, 2.75) is 44.8 Å². The summed E-state index contributed by atoms with van der Waals surface area (Å²) in [6, 6.07) is 2.60. The zero-order valence-electron chi connectivity index (χ0n) is 14.0. The summed E-state index contributed by atoms with van der Waals surface area (Å²) in [7, 11) is 0. The lowest BCUT2D eigenvalue weighted by molar-refractivity contribution is -0.254. The van der Waals surface area contributed by atoms with Gasteiger partial charge in [0.15, 0.2) is 0 Å². The molecule has 0 atom stereocenters. The van der Waals surface area contributed by atoms with Crippen LogP contribution < -0.4 is 0 Å². The third kappa shape index (κ3) is 2.68. The summed E-state index contributed by atoms with van der Waals surface area (Å²) in [4.78, 5) is -0.422. The van der Waals surface area contributed by atoms with Gasteiger partial charge in [0.1, 0.15) is 0 Å². The number of hydrogen-bond acceptors (Lipinski definition) is 4. The average Bonchev–Trinajstić information content (AvgIpc) is 3.16. The van der Waals surface area contributed by atoms with E-state index >= 15 is 0 Å². The predicted octanol–water partition coefficient (Wildman–Crippen LogP) is 5.24. The van der Waals surface area contributed by atoms with Gasteiger partial charge in [0.25, 0.3) is 0 Å². The van der Waals surface area contributed by atoms with E-state index in [4.69, 9.17) is 0 Å². The molecular weight excluding hydrogens is 414 g/mol. The van der Waals surface area contributed by atoms with Crippen LogP contribution in [0, 0.1) is 13.8 Å². The number of alkyl halides is 6. The Morgan fingerprint density at radius 2 is 1.07 bits per heavy atom. The minimum atomic E-state index is -5.61. The normalized spacial score (nSPS) is 20.5. The largest absolute Gasteiger partial charge is 0.391 e. The van der Waals surface area contributed by atoms with E-state index in [2.05, 4.69) is 0 Å². The summed E-state index contributed by atoms with van der Waals surface area (Å²) in [5, 5.41) is 18.4. The molecule has 0 aliphatic heterocycles. The topological polar surface area (TPSA) is 40.5 Å². The fourth-order valence-electron chi connectivity index (χ4n) is 3.09. The molecule has 2 heterocycles. The predicted molar refractivity (Wildman–Crippen MR) is 91.6 cm³/mol. The van der Waals surface area contributed by atoms with Crippen molar-refractivity contribution in [3.63, 3.8) is 0 Å². The molecule has 1 aliphatic carbocycles. The zero-order chi connectivity index (χ0) is 20.4. The second-order valence-electron chi connectivity index (χ2n) is 6.24. The minimum Gasteiger partial charge on any atom is -0.391 e. The highest BCUT2D eigenvalue weighted by Gasteiger charge is 2.80. The molecule has 0 aromatic carbocycles. The lowest BCUT2D eigenvalue weighted by atomic mass is 10.0. The molecule has 0 unspecified atom stereocenters. The van der Waals surface area contributed by atoms with E-state index in [0.29, 0.717) is 22.7 Å². The fraction of sp³-hybridized carbons (Fsp3) is 0.412. The average molecular weight is 428 g/mol. The van der Waals surface area contributed by atoms with Crippen LogP contribution in [0.25, 0.3) is 11.1 Å². The van der Waals surface area contributed by atoms with Crippen molar-refractivity contribution in [2.75, 3.05) is 0 Å². The molecule has 0 spiro atoms. The van der Waals surface area contributed by atoms with Gasteiger partial charge in [-0.25, -0.2) is 0 Å². The minimum absolute atomic E-state index is 0.0984. The Bertz CT molecular complexity index is 854. The molecule has 0 fully saturated rings. The number of allylic oxidation sites excluding steroid dienone is 2. The number of aryl methyl sites for hydroxylation is 2. The highest BCUT2D eigenvalue weighted by Crippen LogP contribution is 2.66. The lowest BCUT2D eigenvalue weighted by Crippen LogP contribution is -2.48. The first kappa shape index (κ1) is 20.4. The van der Waals surface area contributed by atoms with Crippen molar-refractivity contribution in [3.05, 3.63) is 42.8 Å². The molecule has 0 radical (unpaired) electrons. The SMILES string of the molecule is Cc1cc(CO)sc1C1=C(c2sc(CO)cc2C)C(F)(F)C(F)(F)C1(F)F. The van der Waals surface area contributed by atoms with Gasteiger partial charge in [0, 0.05) is 19.5 Å². The van der Waals surface area contributed by atoms with Crippen molar-refractivity contribution >= 4 is 33.8 Å². The Morgan fingerprint density at radius 1 is 0.741 bits per heavy atom. The van der Waals surface area contributed by atoms with Gasteiger partial charge >= 0.3 is 17.8 Å². The summed E-state index contributed by atoms with van der Waals surface area (Å²) >= 11 is 1.16. The van der Waals surface area contributed by atoms with Gasteiger partial charge in [0.05, 0.1) is 24.4 Å². The molecule has 2 aromatic heterocycles. The van der Waals surface area contributed by atoms with E-state index in [1.807, 2.05) is 0 Å². The van der Waals surface area contributed by atoms with Crippen molar-refractivity contribution in [3.8, 4) is 0 Å². The quantitative estimate of drug-likeness (QED) is 0.654. The second kappa shape index (κ2) is 6.33. The highest BCUT2D eigenvalue weighted by atomic mass is 32.1. The number of aliphatic hydroxyl groups is 2. The number of thiophene rings is 2. The standard InChI is InChI=1S/C17H14F6O2S2/c1-7-3-9(5-24)26-13(7)11-12(14-8(2)4-10(6-25)27-14)16(20,21)17(22,23)15(11,18)19/h3-4,24-25H,5-6H2,1-2H3. The number of rotatable bonds is 4. The molecule has 0 saturated heterocycles. The van der Waals surface area contributed by atoms with Gasteiger partial charge < -0.3 is 10.2 Å². The molecule has 2 N–H and O–H groups in total. The van der Waals surface area contributed by atoms with Crippen molar-refractivity contribution < 1.29 is 36.6 Å². The van der Waals surface area contributed by atoms with E-state index in [9.17, 15) is 36.6 Å². The smallest absolute Gasteiger partial charge is 0.380 e. The van der Waals surface area contributed by atoms with Gasteiger partial charge in [-0.1, -0.05) is 0 Å². The van der Waals surface area contributed by atoms with Gasteiger partial charge in [0.2, 0.25) is 0 Å². The highest BCUT2D eigenvalue weighted by molar-refractivity contribution is 7.14. The van der Waals surface area contributed by atoms with Crippen molar-refractivity contribution in [2.24, 2.45) is 0 Å². The summed E-state index contributed by atoms with van der Waals surface area (Å²) < 4.78 is 86.9. The Morgan fingerprint density at radius 3 is 1.33 bits per heavy atom. The zero-order valence-corrected chi connectivity index (χ0v) is 15.7. The molecule has 1 aliphatic rings. The molecule has 0 amide bonds. The molecule has 10 heteroatoms. The molecular formula is C17H14F6O2S2. The first-order valence-corrected chi connectivity index (χ1v) is 9.33. The maximum Gasteiger partial charge on any atom is 0.380 e. The molecule has 0 saturated carbocycles. The van der Waals surface area contributed by atoms with E-state index in [1.54, 1.807) is 0 Å². The Kier molecular flexibility index (Phi) is 4.78. The Labute approximate surface area is 158 Å². The summed E-state index contributed by atoms with van der Waals surface area (Å²) in [5.41, 5.74) is -2.65. The molecule has 0 bridgehead atoms. The van der Waals surface area contributed by atoms with Gasteiger partial charge in [-0.2, -0.15) is 26.3 Å². The number of hydrogen-bond donors (Lipinski definition) is 2. The molecule has 27 heavy (non-hydrogen) atoms. The van der Waals surface area contributed by atoms with Crippen LogP contribution in [0.5, 0.6) is 0 Å². The molecule has 3 rings (SSSR count). The third-order valence-electron chi connectivity index (χ3n) is 4.37. The maximum atomic E-state index is 14.6. The number of aliphatic hydroxyl groups excluding tert-OH is 2. The van der Waals surface area contributed by atoms with Crippen LogP contribution in [0.4, 0.5) is 26.3 Å². The van der Waals surface area contributed by atoms with Gasteiger partial charge in [-0.3, -0.25) is 0 Å². The fourth-order valence-corrected chi connectivity index (χ4v) is 5.32. The van der Waals surface area contributed by atoms with Gasteiger partial charge in [-0.05, 0) is 37.1 Å². The summed E-state index contributed by atoms with van der Waals surface area (Å²) in [5.74, 6) is -15.8. The molecule has 2 nitrogen and oxygen atoms in total. The number of halogens is 6. The van der Waals surface area contributed by atoms with Crippen molar-refractivity contribution in [1.29, 1.82) is 0 Å². The van der Waals surface area contributed by atoms with E-state index in [1.165, 1.54) is 26.0 Å². The Balaban J connectivity index is 2.42. The summed E-state index contributed by atoms with van der Waals surface area (Å²) in [6.45, 7) is 1.61. The second-order valence-corrected chi connectivity index (χ2v) is 8.51. The van der Waals surface area contributed by atoms with Crippen molar-refractivity contribution in [1.82, 2.24) is 0 Å². The Hall–Kier alpha value is -1.36. The van der Waals surface area contributed by atoms with E-state index in [-0.39, 0.29) is 20.9 Å². The first-order valence-electron chi connectivity index (χ1n) is 7.69. The van der Waals surface area contributed by atoms with Crippen LogP contribution >= 0.6 is 22.7 Å².